The third-order valence-corrected chi connectivity index (χ3v) is 5.23. The summed E-state index contributed by atoms with van der Waals surface area (Å²) in [7, 11) is 0. The molecule has 0 aliphatic heterocycles. The minimum Gasteiger partial charge on any atom is -0.462 e. The fourth-order valence-electron chi connectivity index (χ4n) is 2.02. The van der Waals surface area contributed by atoms with Gasteiger partial charge in [-0.1, -0.05) is 36.5 Å². The number of carbonyl (C=O) groups excluding carboxylic acids is 3. The Bertz CT molecular complexity index is 838. The molecule has 0 saturated heterocycles. The molecular weight excluding hydrogens is 456 g/mol. The van der Waals surface area contributed by atoms with Gasteiger partial charge in [0.25, 0.3) is 0 Å². The number of rotatable bonds is 10. The van der Waals surface area contributed by atoms with Crippen LogP contribution < -0.4 is 10.6 Å². The maximum Gasteiger partial charge on any atom is 0.350 e. The number of aliphatic hydroxyl groups excluding tert-OH is 1. The number of carbonyl (C=O) groups is 3. The Hall–Kier alpha value is -2.57. The van der Waals surface area contributed by atoms with Crippen LogP contribution in [-0.2, 0) is 16.1 Å². The normalized spacial score (nSPS) is 9.47. The molecule has 2 aromatic rings. The van der Waals surface area contributed by atoms with Gasteiger partial charge in [-0.3, -0.25) is 4.79 Å². The van der Waals surface area contributed by atoms with Gasteiger partial charge in [0.15, 0.2) is 16.5 Å². The first-order valence-corrected chi connectivity index (χ1v) is 12.0. The zero-order chi connectivity index (χ0) is 24.5. The Morgan fingerprint density at radius 3 is 1.81 bits per heavy atom. The van der Waals surface area contributed by atoms with Crippen molar-refractivity contribution in [2.75, 3.05) is 36.9 Å². The molecule has 0 spiro atoms. The average Bonchev–Trinajstić information content (AvgIpc) is 3.40. The molecule has 10 nitrogen and oxygen atoms in total. The molecule has 2 heterocycles. The van der Waals surface area contributed by atoms with Crippen molar-refractivity contribution < 1.29 is 29.0 Å². The number of aromatic nitrogens is 2. The molecule has 0 bridgehead atoms. The van der Waals surface area contributed by atoms with Crippen molar-refractivity contribution in [1.82, 2.24) is 9.97 Å². The molecular formula is C20H32N4O6S2. The number of thiazole rings is 2. The van der Waals surface area contributed by atoms with Crippen LogP contribution in [0.5, 0.6) is 0 Å². The third kappa shape index (κ3) is 9.28. The summed E-state index contributed by atoms with van der Waals surface area (Å²) >= 11 is 2.33. The molecule has 0 unspecified atom stereocenters. The number of anilines is 2. The SMILES string of the molecule is CC.CCNc1nc(C=O)c(C(=O)OCC)s1.CCNc1nc(CO)c(C(=O)OCC)s1. The van der Waals surface area contributed by atoms with Gasteiger partial charge in [-0.15, -0.1) is 0 Å². The predicted molar refractivity (Wildman–Crippen MR) is 127 cm³/mol. The van der Waals surface area contributed by atoms with E-state index in [1.54, 1.807) is 13.8 Å². The zero-order valence-corrected chi connectivity index (χ0v) is 20.9. The summed E-state index contributed by atoms with van der Waals surface area (Å²) in [5.41, 5.74) is 0.504. The second kappa shape index (κ2) is 17.0. The van der Waals surface area contributed by atoms with Gasteiger partial charge >= 0.3 is 11.9 Å². The van der Waals surface area contributed by atoms with Crippen molar-refractivity contribution in [1.29, 1.82) is 0 Å². The lowest BCUT2D eigenvalue weighted by molar-refractivity contribution is 0.0519. The molecule has 32 heavy (non-hydrogen) atoms. The molecule has 3 N–H and O–H groups in total. The maximum absolute atomic E-state index is 11.5. The van der Waals surface area contributed by atoms with E-state index in [1.165, 1.54) is 11.3 Å². The van der Waals surface area contributed by atoms with Crippen molar-refractivity contribution in [2.45, 2.75) is 48.1 Å². The van der Waals surface area contributed by atoms with Gasteiger partial charge in [0, 0.05) is 13.1 Å². The second-order valence-electron chi connectivity index (χ2n) is 5.31. The molecule has 0 saturated carbocycles. The monoisotopic (exact) mass is 488 g/mol. The molecule has 0 amide bonds. The van der Waals surface area contributed by atoms with Crippen LogP contribution in [0, 0.1) is 0 Å². The Labute approximate surface area is 196 Å². The molecule has 0 radical (unpaired) electrons. The highest BCUT2D eigenvalue weighted by molar-refractivity contribution is 7.18. The summed E-state index contributed by atoms with van der Waals surface area (Å²) in [4.78, 5) is 42.2. The number of nitrogens with one attached hydrogen (secondary N) is 2. The Morgan fingerprint density at radius 1 is 0.906 bits per heavy atom. The number of esters is 2. The number of aliphatic hydroxyl groups is 1. The number of ether oxygens (including phenoxy) is 2. The van der Waals surface area contributed by atoms with Crippen LogP contribution >= 0.6 is 22.7 Å². The lowest BCUT2D eigenvalue weighted by Gasteiger charge is -1.98. The zero-order valence-electron chi connectivity index (χ0n) is 19.3. The fraction of sp³-hybridized carbons (Fsp3) is 0.550. The van der Waals surface area contributed by atoms with E-state index in [-0.39, 0.29) is 23.8 Å². The van der Waals surface area contributed by atoms with Crippen molar-refractivity contribution in [3.05, 3.63) is 21.1 Å². The van der Waals surface area contributed by atoms with Gasteiger partial charge in [0.2, 0.25) is 0 Å². The standard InChI is InChI=1S/C9H14N2O3S.C9H12N2O3S.C2H6/c2*1-3-10-9-11-6(5-12)7(15-9)8(13)14-4-2;1-2/h12H,3-5H2,1-2H3,(H,10,11);5H,3-4H2,1-2H3,(H,10,11);1-2H3. The van der Waals surface area contributed by atoms with Crippen LogP contribution in [0.2, 0.25) is 0 Å². The largest absolute Gasteiger partial charge is 0.462 e. The van der Waals surface area contributed by atoms with E-state index in [0.29, 0.717) is 40.3 Å². The van der Waals surface area contributed by atoms with E-state index >= 15 is 0 Å². The topological polar surface area (TPSA) is 140 Å². The number of hydrogen-bond acceptors (Lipinski definition) is 12. The maximum atomic E-state index is 11.5. The lowest BCUT2D eigenvalue weighted by atomic mass is 10.4. The lowest BCUT2D eigenvalue weighted by Crippen LogP contribution is -2.05. The first kappa shape index (κ1) is 29.4. The van der Waals surface area contributed by atoms with Crippen LogP contribution in [0.4, 0.5) is 10.3 Å². The molecule has 0 atom stereocenters. The van der Waals surface area contributed by atoms with Crippen LogP contribution in [0.1, 0.15) is 77.1 Å². The Kier molecular flexibility index (Phi) is 15.7. The van der Waals surface area contributed by atoms with E-state index in [0.717, 1.165) is 17.9 Å². The molecule has 0 aliphatic carbocycles. The highest BCUT2D eigenvalue weighted by Crippen LogP contribution is 2.24. The summed E-state index contributed by atoms with van der Waals surface area (Å²) in [5, 5.41) is 16.1. The Morgan fingerprint density at radius 2 is 1.38 bits per heavy atom. The molecule has 0 aromatic carbocycles. The summed E-state index contributed by atoms with van der Waals surface area (Å²) in [6, 6.07) is 0. The number of nitrogens with zero attached hydrogens (tertiary/aromatic N) is 2. The molecule has 0 aliphatic rings. The van der Waals surface area contributed by atoms with Gasteiger partial charge in [0.1, 0.15) is 15.4 Å². The third-order valence-electron chi connectivity index (χ3n) is 3.19. The summed E-state index contributed by atoms with van der Waals surface area (Å²) in [5.74, 6) is -0.926. The predicted octanol–water partition coefficient (Wildman–Crippen LogP) is 3.83. The first-order valence-electron chi connectivity index (χ1n) is 10.3. The summed E-state index contributed by atoms with van der Waals surface area (Å²) in [6.45, 7) is 13.1. The second-order valence-corrected chi connectivity index (χ2v) is 7.30. The van der Waals surface area contributed by atoms with Gasteiger partial charge in [-0.2, -0.15) is 0 Å². The van der Waals surface area contributed by atoms with Crippen molar-refractivity contribution >= 4 is 51.2 Å². The smallest absolute Gasteiger partial charge is 0.350 e. The van der Waals surface area contributed by atoms with E-state index in [2.05, 4.69) is 20.6 Å². The highest BCUT2D eigenvalue weighted by atomic mass is 32.1. The molecule has 180 valence electrons. The fourth-order valence-corrected chi connectivity index (χ4v) is 3.85. The van der Waals surface area contributed by atoms with Crippen molar-refractivity contribution in [3.8, 4) is 0 Å². The van der Waals surface area contributed by atoms with Crippen LogP contribution in [0.15, 0.2) is 0 Å². The molecule has 2 rings (SSSR count). The molecule has 0 fully saturated rings. The quantitative estimate of drug-likeness (QED) is 0.334. The number of hydrogen-bond donors (Lipinski definition) is 3. The molecule has 12 heteroatoms. The highest BCUT2D eigenvalue weighted by Gasteiger charge is 2.19. The van der Waals surface area contributed by atoms with Crippen LogP contribution in [-0.4, -0.2) is 59.6 Å². The Balaban J connectivity index is 0.000000557. The van der Waals surface area contributed by atoms with Crippen LogP contribution in [0.3, 0.4) is 0 Å². The van der Waals surface area contributed by atoms with Gasteiger partial charge < -0.3 is 25.2 Å². The summed E-state index contributed by atoms with van der Waals surface area (Å²) < 4.78 is 9.66. The van der Waals surface area contributed by atoms with E-state index in [1.807, 2.05) is 27.7 Å². The van der Waals surface area contributed by atoms with E-state index < -0.39 is 11.9 Å². The van der Waals surface area contributed by atoms with Gasteiger partial charge in [-0.25, -0.2) is 19.6 Å². The average molecular weight is 489 g/mol. The summed E-state index contributed by atoms with van der Waals surface area (Å²) in [6.07, 6.45) is 0.559. The van der Waals surface area contributed by atoms with Crippen LogP contribution in [0.25, 0.3) is 0 Å². The minimum absolute atomic E-state index is 0.134. The van der Waals surface area contributed by atoms with E-state index in [4.69, 9.17) is 14.6 Å². The van der Waals surface area contributed by atoms with E-state index in [9.17, 15) is 14.4 Å². The first-order chi connectivity index (χ1) is 15.4. The number of aldehydes is 1. The van der Waals surface area contributed by atoms with Crippen molar-refractivity contribution in [3.63, 3.8) is 0 Å². The van der Waals surface area contributed by atoms with Gasteiger partial charge in [0.05, 0.1) is 25.5 Å². The molecule has 2 aromatic heterocycles. The van der Waals surface area contributed by atoms with Gasteiger partial charge in [-0.05, 0) is 27.7 Å². The van der Waals surface area contributed by atoms with Crippen molar-refractivity contribution in [2.24, 2.45) is 0 Å². The minimum atomic E-state index is -0.499.